The lowest BCUT2D eigenvalue weighted by Gasteiger charge is -2.22. The van der Waals surface area contributed by atoms with Crippen LogP contribution in [0.15, 0.2) is 0 Å². The third-order valence-electron chi connectivity index (χ3n) is 5.29. The standard InChI is InChI=1S/C16H29N/c1-2-4-13(5-3-1)10-11-17-12-16(14-6-7-14)15-8-9-15/h13-17H,1-12H2. The molecule has 0 amide bonds. The summed E-state index contributed by atoms with van der Waals surface area (Å²) in [5, 5.41) is 3.78. The van der Waals surface area contributed by atoms with Gasteiger partial charge < -0.3 is 5.32 Å². The lowest BCUT2D eigenvalue weighted by atomic mass is 9.87. The summed E-state index contributed by atoms with van der Waals surface area (Å²) in [6, 6.07) is 0. The second-order valence-corrected chi connectivity index (χ2v) is 6.84. The van der Waals surface area contributed by atoms with Crippen molar-refractivity contribution in [3.05, 3.63) is 0 Å². The zero-order valence-corrected chi connectivity index (χ0v) is 11.3. The van der Waals surface area contributed by atoms with Crippen LogP contribution in [0.3, 0.4) is 0 Å². The second-order valence-electron chi connectivity index (χ2n) is 6.84. The highest BCUT2D eigenvalue weighted by Gasteiger charge is 2.40. The number of rotatable bonds is 7. The Morgan fingerprint density at radius 1 is 0.824 bits per heavy atom. The van der Waals surface area contributed by atoms with E-state index in [4.69, 9.17) is 0 Å². The molecule has 0 aromatic heterocycles. The monoisotopic (exact) mass is 235 g/mol. The Bertz CT molecular complexity index is 212. The SMILES string of the molecule is C1CCC(CCNCC(C2CC2)C2CC2)CC1. The topological polar surface area (TPSA) is 12.0 Å². The van der Waals surface area contributed by atoms with Gasteiger partial charge in [0.2, 0.25) is 0 Å². The van der Waals surface area contributed by atoms with Crippen LogP contribution < -0.4 is 5.32 Å². The van der Waals surface area contributed by atoms with E-state index in [1.807, 2.05) is 0 Å². The Labute approximate surface area is 107 Å². The first-order valence-corrected chi connectivity index (χ1v) is 8.14. The molecule has 1 heteroatoms. The van der Waals surface area contributed by atoms with Gasteiger partial charge in [-0.2, -0.15) is 0 Å². The van der Waals surface area contributed by atoms with Crippen molar-refractivity contribution in [2.24, 2.45) is 23.7 Å². The molecule has 0 saturated heterocycles. The van der Waals surface area contributed by atoms with Gasteiger partial charge in [-0.15, -0.1) is 0 Å². The molecule has 0 aromatic carbocycles. The predicted octanol–water partition coefficient (Wildman–Crippen LogP) is 3.98. The van der Waals surface area contributed by atoms with Gasteiger partial charge in [0.25, 0.3) is 0 Å². The van der Waals surface area contributed by atoms with Gasteiger partial charge in [-0.05, 0) is 68.9 Å². The highest BCUT2D eigenvalue weighted by atomic mass is 14.9. The van der Waals surface area contributed by atoms with Gasteiger partial charge in [0.1, 0.15) is 0 Å². The van der Waals surface area contributed by atoms with E-state index in [2.05, 4.69) is 5.32 Å². The van der Waals surface area contributed by atoms with E-state index in [1.54, 1.807) is 0 Å². The molecule has 98 valence electrons. The Hall–Kier alpha value is -0.0400. The smallest absolute Gasteiger partial charge is 0.00152 e. The van der Waals surface area contributed by atoms with E-state index in [9.17, 15) is 0 Å². The molecule has 0 unspecified atom stereocenters. The zero-order valence-electron chi connectivity index (χ0n) is 11.3. The largest absolute Gasteiger partial charge is 0.316 e. The molecule has 0 heterocycles. The average molecular weight is 235 g/mol. The van der Waals surface area contributed by atoms with E-state index in [0.717, 1.165) is 23.7 Å². The van der Waals surface area contributed by atoms with Crippen LogP contribution in [0.1, 0.15) is 64.2 Å². The second kappa shape index (κ2) is 5.73. The van der Waals surface area contributed by atoms with E-state index in [-0.39, 0.29) is 0 Å². The van der Waals surface area contributed by atoms with Gasteiger partial charge in [0, 0.05) is 0 Å². The molecular formula is C16H29N. The molecule has 17 heavy (non-hydrogen) atoms. The molecule has 0 aliphatic heterocycles. The van der Waals surface area contributed by atoms with Gasteiger partial charge in [-0.3, -0.25) is 0 Å². The van der Waals surface area contributed by atoms with Gasteiger partial charge in [0.05, 0.1) is 0 Å². The third kappa shape index (κ3) is 3.71. The molecule has 1 nitrogen and oxygen atoms in total. The summed E-state index contributed by atoms with van der Waals surface area (Å²) < 4.78 is 0. The van der Waals surface area contributed by atoms with Crippen molar-refractivity contribution in [2.75, 3.05) is 13.1 Å². The van der Waals surface area contributed by atoms with Crippen LogP contribution in [0.2, 0.25) is 0 Å². The summed E-state index contributed by atoms with van der Waals surface area (Å²) in [5.41, 5.74) is 0. The first-order chi connectivity index (χ1) is 8.43. The maximum absolute atomic E-state index is 3.78. The molecule has 3 rings (SSSR count). The number of hydrogen-bond acceptors (Lipinski definition) is 1. The molecule has 0 atom stereocenters. The van der Waals surface area contributed by atoms with Crippen molar-refractivity contribution in [2.45, 2.75) is 64.2 Å². The fourth-order valence-electron chi connectivity index (χ4n) is 3.82. The van der Waals surface area contributed by atoms with Crippen molar-refractivity contribution < 1.29 is 0 Å². The van der Waals surface area contributed by atoms with Gasteiger partial charge in [-0.25, -0.2) is 0 Å². The van der Waals surface area contributed by atoms with Gasteiger partial charge in [0.15, 0.2) is 0 Å². The number of nitrogens with one attached hydrogen (secondary N) is 1. The summed E-state index contributed by atoms with van der Waals surface area (Å²) in [5.74, 6) is 4.34. The Morgan fingerprint density at radius 3 is 2.06 bits per heavy atom. The molecule has 3 aliphatic carbocycles. The van der Waals surface area contributed by atoms with Crippen molar-refractivity contribution >= 4 is 0 Å². The maximum Gasteiger partial charge on any atom is -0.00152 e. The molecule has 1 N–H and O–H groups in total. The molecule has 3 saturated carbocycles. The maximum atomic E-state index is 3.78. The molecule has 0 spiro atoms. The quantitative estimate of drug-likeness (QED) is 0.658. The van der Waals surface area contributed by atoms with Crippen molar-refractivity contribution in [1.29, 1.82) is 0 Å². The van der Waals surface area contributed by atoms with Crippen LogP contribution in [-0.4, -0.2) is 13.1 Å². The summed E-state index contributed by atoms with van der Waals surface area (Å²) in [6.45, 7) is 2.63. The normalized spacial score (nSPS) is 26.6. The van der Waals surface area contributed by atoms with E-state index in [0.29, 0.717) is 0 Å². The lowest BCUT2D eigenvalue weighted by molar-refractivity contribution is 0.320. The van der Waals surface area contributed by atoms with E-state index >= 15 is 0 Å². The molecule has 3 aliphatic rings. The van der Waals surface area contributed by atoms with Crippen molar-refractivity contribution in [3.8, 4) is 0 Å². The van der Waals surface area contributed by atoms with E-state index < -0.39 is 0 Å². The Morgan fingerprint density at radius 2 is 1.47 bits per heavy atom. The molecule has 0 aromatic rings. The van der Waals surface area contributed by atoms with Crippen LogP contribution in [0.5, 0.6) is 0 Å². The minimum atomic E-state index is 1.05. The third-order valence-corrected chi connectivity index (χ3v) is 5.29. The van der Waals surface area contributed by atoms with Gasteiger partial charge >= 0.3 is 0 Å². The van der Waals surface area contributed by atoms with Crippen LogP contribution in [0.4, 0.5) is 0 Å². The fourth-order valence-corrected chi connectivity index (χ4v) is 3.82. The summed E-state index contributed by atoms with van der Waals surface area (Å²) in [4.78, 5) is 0. The minimum absolute atomic E-state index is 1.05. The van der Waals surface area contributed by atoms with Crippen LogP contribution >= 0.6 is 0 Å². The predicted molar refractivity (Wildman–Crippen MR) is 73.0 cm³/mol. The average Bonchev–Trinajstić information content (AvgIpc) is 3.24. The minimum Gasteiger partial charge on any atom is -0.316 e. The zero-order chi connectivity index (χ0) is 11.5. The summed E-state index contributed by atoms with van der Waals surface area (Å²) in [7, 11) is 0. The molecule has 0 radical (unpaired) electrons. The molecular weight excluding hydrogens is 206 g/mol. The first-order valence-electron chi connectivity index (χ1n) is 8.14. The van der Waals surface area contributed by atoms with Crippen LogP contribution in [0, 0.1) is 23.7 Å². The first kappa shape index (κ1) is 12.0. The Kier molecular flexibility index (Phi) is 4.05. The van der Waals surface area contributed by atoms with Crippen molar-refractivity contribution in [1.82, 2.24) is 5.32 Å². The highest BCUT2D eigenvalue weighted by molar-refractivity contribution is 4.92. The van der Waals surface area contributed by atoms with Gasteiger partial charge in [-0.1, -0.05) is 32.1 Å². The molecule has 0 bridgehead atoms. The van der Waals surface area contributed by atoms with Crippen LogP contribution in [-0.2, 0) is 0 Å². The summed E-state index contributed by atoms with van der Waals surface area (Å²) in [6.07, 6.45) is 15.1. The number of hydrogen-bond donors (Lipinski definition) is 1. The molecule has 3 fully saturated rings. The fraction of sp³-hybridized carbons (Fsp3) is 1.00. The lowest BCUT2D eigenvalue weighted by Crippen LogP contribution is -2.27. The van der Waals surface area contributed by atoms with Crippen LogP contribution in [0.25, 0.3) is 0 Å². The summed E-state index contributed by atoms with van der Waals surface area (Å²) >= 11 is 0. The van der Waals surface area contributed by atoms with Crippen molar-refractivity contribution in [3.63, 3.8) is 0 Å². The van der Waals surface area contributed by atoms with E-state index in [1.165, 1.54) is 77.3 Å². The highest BCUT2D eigenvalue weighted by Crippen LogP contribution is 2.48. The Balaban J connectivity index is 1.28.